The Kier molecular flexibility index (Phi) is 5.25. The normalized spacial score (nSPS) is 11.5. The Bertz CT molecular complexity index is 970. The molecule has 1 amide bonds. The van der Waals surface area contributed by atoms with E-state index in [1.54, 1.807) is 0 Å². The number of nitrogens with one attached hydrogen (secondary N) is 1. The van der Waals surface area contributed by atoms with Gasteiger partial charge < -0.3 is 10.1 Å². The van der Waals surface area contributed by atoms with Crippen molar-refractivity contribution >= 4 is 11.6 Å². The van der Waals surface area contributed by atoms with Crippen molar-refractivity contribution in [1.29, 1.82) is 0 Å². The number of carbonyl (C=O) groups is 1. The first-order chi connectivity index (χ1) is 13.2. The summed E-state index contributed by atoms with van der Waals surface area (Å²) in [7, 11) is 0. The number of amides is 1. The minimum atomic E-state index is -4.60. The van der Waals surface area contributed by atoms with Gasteiger partial charge in [-0.2, -0.15) is 22.0 Å². The fraction of sp³-hybridized carbons (Fsp3) is 0.118. The molecular formula is C17H11F5N4O2. The van der Waals surface area contributed by atoms with E-state index in [9.17, 15) is 26.7 Å². The maximum Gasteiger partial charge on any atom is 0.418 e. The smallest absolute Gasteiger partial charge is 0.418 e. The molecule has 3 rings (SSSR count). The van der Waals surface area contributed by atoms with Crippen molar-refractivity contribution in [2.24, 2.45) is 0 Å². The van der Waals surface area contributed by atoms with E-state index >= 15 is 0 Å². The third-order valence-corrected chi connectivity index (χ3v) is 3.52. The molecule has 0 spiro atoms. The molecule has 0 aliphatic heterocycles. The molecule has 0 atom stereocenters. The zero-order chi connectivity index (χ0) is 20.3. The topological polar surface area (TPSA) is 69.0 Å². The van der Waals surface area contributed by atoms with Crippen LogP contribution in [-0.2, 0) is 6.18 Å². The van der Waals surface area contributed by atoms with Crippen molar-refractivity contribution in [2.45, 2.75) is 12.8 Å². The standard InChI is InChI=1S/C17H11F5N4O2/c18-16(19)28-11-7-5-10(6-8-11)23-15(27)13-9-26(25-24-13)14-4-2-1-3-12(14)17(20,21)22/h1-9,16H,(H,23,27). The van der Waals surface area contributed by atoms with Crippen molar-refractivity contribution in [3.8, 4) is 11.4 Å². The molecule has 2 aromatic carbocycles. The van der Waals surface area contributed by atoms with Crippen LogP contribution in [0.2, 0.25) is 0 Å². The summed E-state index contributed by atoms with van der Waals surface area (Å²) in [5.41, 5.74) is -1.20. The van der Waals surface area contributed by atoms with Gasteiger partial charge in [-0.1, -0.05) is 17.3 Å². The number of nitrogens with zero attached hydrogens (tertiary/aromatic N) is 3. The molecular weight excluding hydrogens is 387 g/mol. The summed E-state index contributed by atoms with van der Waals surface area (Å²) in [5, 5.41) is 9.58. The van der Waals surface area contributed by atoms with Gasteiger partial charge in [0.15, 0.2) is 5.69 Å². The predicted molar refractivity (Wildman–Crippen MR) is 87.4 cm³/mol. The SMILES string of the molecule is O=C(Nc1ccc(OC(F)F)cc1)c1cn(-c2ccccc2C(F)(F)F)nn1. The van der Waals surface area contributed by atoms with Crippen molar-refractivity contribution in [2.75, 3.05) is 5.32 Å². The fourth-order valence-corrected chi connectivity index (χ4v) is 2.31. The molecule has 3 aromatic rings. The molecule has 28 heavy (non-hydrogen) atoms. The molecule has 1 N–H and O–H groups in total. The van der Waals surface area contributed by atoms with Crippen LogP contribution in [0.15, 0.2) is 54.7 Å². The number of benzene rings is 2. The average molecular weight is 398 g/mol. The molecule has 0 aliphatic rings. The molecule has 1 aromatic heterocycles. The first-order valence-electron chi connectivity index (χ1n) is 7.69. The molecule has 1 heterocycles. The van der Waals surface area contributed by atoms with Crippen LogP contribution in [0.5, 0.6) is 5.75 Å². The number of anilines is 1. The second-order valence-corrected chi connectivity index (χ2v) is 5.42. The van der Waals surface area contributed by atoms with Crippen LogP contribution in [0.4, 0.5) is 27.6 Å². The fourth-order valence-electron chi connectivity index (χ4n) is 2.31. The maximum atomic E-state index is 13.1. The van der Waals surface area contributed by atoms with Gasteiger partial charge in [-0.25, -0.2) is 4.68 Å². The van der Waals surface area contributed by atoms with Crippen molar-refractivity contribution in [1.82, 2.24) is 15.0 Å². The lowest BCUT2D eigenvalue weighted by Gasteiger charge is -2.11. The van der Waals surface area contributed by atoms with E-state index in [4.69, 9.17) is 0 Å². The second kappa shape index (κ2) is 7.62. The summed E-state index contributed by atoms with van der Waals surface area (Å²) in [6, 6.07) is 9.79. The number of hydrogen-bond donors (Lipinski definition) is 1. The van der Waals surface area contributed by atoms with Gasteiger partial charge in [-0.05, 0) is 36.4 Å². The number of carbonyl (C=O) groups excluding carboxylic acids is 1. The minimum Gasteiger partial charge on any atom is -0.435 e. The van der Waals surface area contributed by atoms with Gasteiger partial charge in [0.1, 0.15) is 5.75 Å². The highest BCUT2D eigenvalue weighted by atomic mass is 19.4. The molecule has 0 bridgehead atoms. The van der Waals surface area contributed by atoms with Crippen LogP contribution < -0.4 is 10.1 Å². The van der Waals surface area contributed by atoms with E-state index in [2.05, 4.69) is 20.4 Å². The molecule has 0 radical (unpaired) electrons. The van der Waals surface area contributed by atoms with Gasteiger partial charge in [0.2, 0.25) is 0 Å². The number of ether oxygens (including phenoxy) is 1. The van der Waals surface area contributed by atoms with Crippen LogP contribution in [0.1, 0.15) is 16.1 Å². The van der Waals surface area contributed by atoms with E-state index in [0.717, 1.165) is 16.9 Å². The van der Waals surface area contributed by atoms with Gasteiger partial charge in [-0.15, -0.1) is 5.10 Å². The number of halogens is 5. The molecule has 146 valence electrons. The van der Waals surface area contributed by atoms with Crippen molar-refractivity contribution in [3.05, 3.63) is 66.0 Å². The van der Waals surface area contributed by atoms with Gasteiger partial charge in [0.25, 0.3) is 5.91 Å². The monoisotopic (exact) mass is 398 g/mol. The summed E-state index contributed by atoms with van der Waals surface area (Å²) < 4.78 is 68.6. The quantitative estimate of drug-likeness (QED) is 0.656. The third-order valence-electron chi connectivity index (χ3n) is 3.52. The Balaban J connectivity index is 1.77. The van der Waals surface area contributed by atoms with E-state index in [1.165, 1.54) is 42.5 Å². The number of alkyl halides is 5. The Morgan fingerprint density at radius 1 is 1.07 bits per heavy atom. The van der Waals surface area contributed by atoms with Crippen molar-refractivity contribution < 1.29 is 31.5 Å². The Labute approximate surface area is 154 Å². The van der Waals surface area contributed by atoms with E-state index in [1.807, 2.05) is 0 Å². The van der Waals surface area contributed by atoms with Gasteiger partial charge in [-0.3, -0.25) is 4.79 Å². The van der Waals surface area contributed by atoms with E-state index < -0.39 is 24.3 Å². The van der Waals surface area contributed by atoms with Crippen LogP contribution in [0.3, 0.4) is 0 Å². The number of rotatable bonds is 5. The van der Waals surface area contributed by atoms with Crippen LogP contribution in [0, 0.1) is 0 Å². The number of hydrogen-bond acceptors (Lipinski definition) is 4. The first-order valence-corrected chi connectivity index (χ1v) is 7.69. The van der Waals surface area contributed by atoms with E-state index in [0.29, 0.717) is 0 Å². The largest absolute Gasteiger partial charge is 0.435 e. The van der Waals surface area contributed by atoms with Crippen molar-refractivity contribution in [3.63, 3.8) is 0 Å². The molecule has 0 fully saturated rings. The molecule has 0 saturated heterocycles. The summed E-state index contributed by atoms with van der Waals surface area (Å²) in [4.78, 5) is 12.2. The number of para-hydroxylation sites is 1. The lowest BCUT2D eigenvalue weighted by Crippen LogP contribution is -2.12. The summed E-state index contributed by atoms with van der Waals surface area (Å²) in [6.07, 6.45) is -3.55. The zero-order valence-electron chi connectivity index (χ0n) is 13.8. The molecule has 6 nitrogen and oxygen atoms in total. The van der Waals surface area contributed by atoms with Crippen LogP contribution >= 0.6 is 0 Å². The Morgan fingerprint density at radius 3 is 2.39 bits per heavy atom. The maximum absolute atomic E-state index is 13.1. The second-order valence-electron chi connectivity index (χ2n) is 5.42. The van der Waals surface area contributed by atoms with Gasteiger partial charge in [0, 0.05) is 5.69 Å². The Hall–Kier alpha value is -3.50. The highest BCUT2D eigenvalue weighted by molar-refractivity contribution is 6.02. The van der Waals surface area contributed by atoms with Crippen LogP contribution in [0.25, 0.3) is 5.69 Å². The third kappa shape index (κ3) is 4.42. The highest BCUT2D eigenvalue weighted by Crippen LogP contribution is 2.33. The lowest BCUT2D eigenvalue weighted by atomic mass is 10.1. The van der Waals surface area contributed by atoms with E-state index in [-0.39, 0.29) is 22.8 Å². The van der Waals surface area contributed by atoms with Gasteiger partial charge in [0.05, 0.1) is 17.4 Å². The van der Waals surface area contributed by atoms with Gasteiger partial charge >= 0.3 is 12.8 Å². The molecule has 0 aliphatic carbocycles. The molecule has 0 saturated carbocycles. The van der Waals surface area contributed by atoms with Crippen LogP contribution in [-0.4, -0.2) is 27.5 Å². The molecule has 11 heteroatoms. The highest BCUT2D eigenvalue weighted by Gasteiger charge is 2.34. The number of aromatic nitrogens is 3. The lowest BCUT2D eigenvalue weighted by molar-refractivity contribution is -0.137. The predicted octanol–water partition coefficient (Wildman–Crippen LogP) is 4.14. The first kappa shape index (κ1) is 19.3. The molecule has 0 unspecified atom stereocenters. The summed E-state index contributed by atoms with van der Waals surface area (Å²) >= 11 is 0. The Morgan fingerprint density at radius 2 is 1.75 bits per heavy atom. The average Bonchev–Trinajstić information content (AvgIpc) is 3.12. The summed E-state index contributed by atoms with van der Waals surface area (Å²) in [5.74, 6) is -0.832. The zero-order valence-corrected chi connectivity index (χ0v) is 13.8. The minimum absolute atomic E-state index is 0.0947. The summed E-state index contributed by atoms with van der Waals surface area (Å²) in [6.45, 7) is -2.98.